The Balaban J connectivity index is 2.02. The highest BCUT2D eigenvalue weighted by molar-refractivity contribution is 5.82. The lowest BCUT2D eigenvalue weighted by molar-refractivity contribution is -0.163. The molecule has 6 nitrogen and oxygen atoms in total. The largest absolute Gasteiger partial charge is 0.458 e. The van der Waals surface area contributed by atoms with Gasteiger partial charge in [-0.25, -0.2) is 9.59 Å². The van der Waals surface area contributed by atoms with Crippen LogP contribution in [0.2, 0.25) is 0 Å². The second-order valence-electron chi connectivity index (χ2n) is 6.97. The zero-order valence-corrected chi connectivity index (χ0v) is 14.4. The minimum atomic E-state index is -0.726. The van der Waals surface area contributed by atoms with Crippen LogP contribution in [0.4, 0.5) is 4.79 Å². The number of hydrogen-bond acceptors (Lipinski definition) is 5. The molecule has 0 saturated carbocycles. The third-order valence-corrected chi connectivity index (χ3v) is 3.68. The molecule has 1 aliphatic heterocycles. The maximum absolute atomic E-state index is 12.4. The molecule has 1 heterocycles. The SMILES string of the molecule is CC(C)(C)OC(=O)C1CCC(O)CN1C(=O)OCc1ccccc1. The first kappa shape index (κ1) is 18.3. The number of piperidine rings is 1. The molecule has 6 heteroatoms. The topological polar surface area (TPSA) is 76.1 Å². The summed E-state index contributed by atoms with van der Waals surface area (Å²) in [6, 6.07) is 8.57. The summed E-state index contributed by atoms with van der Waals surface area (Å²) >= 11 is 0. The number of ether oxygens (including phenoxy) is 2. The first-order valence-electron chi connectivity index (χ1n) is 8.14. The number of carbonyl (C=O) groups excluding carboxylic acids is 2. The molecule has 1 N–H and O–H groups in total. The zero-order valence-electron chi connectivity index (χ0n) is 14.4. The van der Waals surface area contributed by atoms with Crippen LogP contribution in [0.15, 0.2) is 30.3 Å². The van der Waals surface area contributed by atoms with Crippen molar-refractivity contribution < 1.29 is 24.2 Å². The normalized spacial score (nSPS) is 21.2. The first-order chi connectivity index (χ1) is 11.3. The van der Waals surface area contributed by atoms with Crippen molar-refractivity contribution in [2.75, 3.05) is 6.54 Å². The number of hydrogen-bond donors (Lipinski definition) is 1. The van der Waals surface area contributed by atoms with Gasteiger partial charge in [-0.2, -0.15) is 0 Å². The van der Waals surface area contributed by atoms with Gasteiger partial charge < -0.3 is 14.6 Å². The molecule has 0 radical (unpaired) electrons. The van der Waals surface area contributed by atoms with E-state index in [-0.39, 0.29) is 13.2 Å². The Morgan fingerprint density at radius 2 is 1.88 bits per heavy atom. The van der Waals surface area contributed by atoms with Crippen molar-refractivity contribution in [3.05, 3.63) is 35.9 Å². The van der Waals surface area contributed by atoms with Gasteiger partial charge in [-0.3, -0.25) is 4.90 Å². The van der Waals surface area contributed by atoms with Crippen molar-refractivity contribution >= 4 is 12.1 Å². The molecule has 0 spiro atoms. The second kappa shape index (κ2) is 7.66. The molecule has 1 aromatic rings. The fraction of sp³-hybridized carbons (Fsp3) is 0.556. The summed E-state index contributed by atoms with van der Waals surface area (Å²) < 4.78 is 10.7. The van der Waals surface area contributed by atoms with E-state index in [1.165, 1.54) is 4.90 Å². The number of rotatable bonds is 3. The van der Waals surface area contributed by atoms with E-state index < -0.39 is 29.8 Å². The summed E-state index contributed by atoms with van der Waals surface area (Å²) in [4.78, 5) is 26.0. The summed E-state index contributed by atoms with van der Waals surface area (Å²) in [5.41, 5.74) is 0.226. The Hall–Kier alpha value is -2.08. The first-order valence-corrected chi connectivity index (χ1v) is 8.14. The number of aliphatic hydroxyl groups is 1. The Bertz CT molecular complexity index is 567. The van der Waals surface area contributed by atoms with Gasteiger partial charge >= 0.3 is 12.1 Å². The van der Waals surface area contributed by atoms with E-state index in [9.17, 15) is 14.7 Å². The lowest BCUT2D eigenvalue weighted by atomic mass is 10.0. The number of amides is 1. The number of esters is 1. The monoisotopic (exact) mass is 335 g/mol. The highest BCUT2D eigenvalue weighted by atomic mass is 16.6. The second-order valence-corrected chi connectivity index (χ2v) is 6.97. The van der Waals surface area contributed by atoms with Crippen LogP contribution in [0, 0.1) is 0 Å². The van der Waals surface area contributed by atoms with E-state index in [1.54, 1.807) is 20.8 Å². The molecule has 24 heavy (non-hydrogen) atoms. The van der Waals surface area contributed by atoms with E-state index in [0.717, 1.165) is 5.56 Å². The van der Waals surface area contributed by atoms with Gasteiger partial charge in [0.2, 0.25) is 0 Å². The average molecular weight is 335 g/mol. The van der Waals surface area contributed by atoms with Crippen molar-refractivity contribution in [2.45, 2.75) is 58.0 Å². The van der Waals surface area contributed by atoms with Crippen LogP contribution in [0.3, 0.4) is 0 Å². The number of benzene rings is 1. The van der Waals surface area contributed by atoms with Crippen molar-refractivity contribution in [2.24, 2.45) is 0 Å². The minimum absolute atomic E-state index is 0.0670. The zero-order chi connectivity index (χ0) is 17.7. The molecule has 0 bridgehead atoms. The molecule has 132 valence electrons. The lowest BCUT2D eigenvalue weighted by Gasteiger charge is -2.36. The summed E-state index contributed by atoms with van der Waals surface area (Å²) in [7, 11) is 0. The molecule has 1 saturated heterocycles. The van der Waals surface area contributed by atoms with E-state index in [1.807, 2.05) is 30.3 Å². The molecule has 1 fully saturated rings. The average Bonchev–Trinajstić information content (AvgIpc) is 2.51. The van der Waals surface area contributed by atoms with Gasteiger partial charge in [0.05, 0.1) is 12.6 Å². The maximum Gasteiger partial charge on any atom is 0.410 e. The standard InChI is InChI=1S/C18H25NO5/c1-18(2,3)24-16(21)15-10-9-14(20)11-19(15)17(22)23-12-13-7-5-4-6-8-13/h4-8,14-15,20H,9-12H2,1-3H3. The van der Waals surface area contributed by atoms with Gasteiger partial charge in [0, 0.05) is 0 Å². The van der Waals surface area contributed by atoms with Gasteiger partial charge in [-0.05, 0) is 39.2 Å². The molecule has 1 aromatic carbocycles. The molecular formula is C18H25NO5. The molecular weight excluding hydrogens is 310 g/mol. The van der Waals surface area contributed by atoms with E-state index >= 15 is 0 Å². The maximum atomic E-state index is 12.4. The van der Waals surface area contributed by atoms with E-state index in [4.69, 9.17) is 9.47 Å². The van der Waals surface area contributed by atoms with E-state index in [0.29, 0.717) is 12.8 Å². The quantitative estimate of drug-likeness (QED) is 0.859. The lowest BCUT2D eigenvalue weighted by Crippen LogP contribution is -2.53. The predicted octanol–water partition coefficient (Wildman–Crippen LogP) is 2.49. The summed E-state index contributed by atoms with van der Waals surface area (Å²) in [5, 5.41) is 9.84. The van der Waals surface area contributed by atoms with E-state index in [2.05, 4.69) is 0 Å². The van der Waals surface area contributed by atoms with Gasteiger partial charge in [-0.15, -0.1) is 0 Å². The fourth-order valence-electron chi connectivity index (χ4n) is 2.57. The Morgan fingerprint density at radius 1 is 1.21 bits per heavy atom. The summed E-state index contributed by atoms with van der Waals surface area (Å²) in [5.74, 6) is -0.467. The minimum Gasteiger partial charge on any atom is -0.458 e. The smallest absolute Gasteiger partial charge is 0.410 e. The number of carbonyl (C=O) groups is 2. The third-order valence-electron chi connectivity index (χ3n) is 3.68. The fourth-order valence-corrected chi connectivity index (χ4v) is 2.57. The van der Waals surface area contributed by atoms with Crippen LogP contribution in [0.5, 0.6) is 0 Å². The van der Waals surface area contributed by atoms with Crippen LogP contribution in [0.1, 0.15) is 39.2 Å². The number of aliphatic hydroxyl groups excluding tert-OH is 1. The van der Waals surface area contributed by atoms with Crippen LogP contribution in [0.25, 0.3) is 0 Å². The van der Waals surface area contributed by atoms with Crippen molar-refractivity contribution in [3.63, 3.8) is 0 Å². The molecule has 2 atom stereocenters. The van der Waals surface area contributed by atoms with Gasteiger partial charge in [-0.1, -0.05) is 30.3 Å². The molecule has 2 unspecified atom stereocenters. The summed E-state index contributed by atoms with van der Waals surface area (Å²) in [6.07, 6.45) is -0.468. The van der Waals surface area contributed by atoms with Crippen LogP contribution >= 0.6 is 0 Å². The van der Waals surface area contributed by atoms with Crippen LogP contribution in [-0.2, 0) is 20.9 Å². The van der Waals surface area contributed by atoms with Crippen molar-refractivity contribution in [1.82, 2.24) is 4.90 Å². The predicted molar refractivity (Wildman–Crippen MR) is 88.2 cm³/mol. The Kier molecular flexibility index (Phi) is 5.83. The number of likely N-dealkylation sites (tertiary alicyclic amines) is 1. The third kappa shape index (κ3) is 5.23. The number of β-amino-alcohol motifs (C(OH)–C–C–N with tert-alkyl or cyclic N) is 1. The van der Waals surface area contributed by atoms with Crippen molar-refractivity contribution in [3.8, 4) is 0 Å². The van der Waals surface area contributed by atoms with Crippen molar-refractivity contribution in [1.29, 1.82) is 0 Å². The summed E-state index contributed by atoms with van der Waals surface area (Å²) in [6.45, 7) is 5.52. The van der Waals surface area contributed by atoms with Crippen LogP contribution < -0.4 is 0 Å². The Morgan fingerprint density at radius 3 is 2.50 bits per heavy atom. The molecule has 1 aliphatic rings. The van der Waals surface area contributed by atoms with Gasteiger partial charge in [0.25, 0.3) is 0 Å². The highest BCUT2D eigenvalue weighted by Crippen LogP contribution is 2.22. The van der Waals surface area contributed by atoms with Gasteiger partial charge in [0.15, 0.2) is 0 Å². The molecule has 0 aliphatic carbocycles. The molecule has 2 rings (SSSR count). The molecule has 0 aromatic heterocycles. The van der Waals surface area contributed by atoms with Gasteiger partial charge in [0.1, 0.15) is 18.2 Å². The number of nitrogens with zero attached hydrogens (tertiary/aromatic N) is 1. The Labute approximate surface area is 142 Å². The highest BCUT2D eigenvalue weighted by Gasteiger charge is 2.38. The van der Waals surface area contributed by atoms with Crippen LogP contribution in [-0.4, -0.2) is 46.4 Å². The molecule has 1 amide bonds.